The zero-order valence-corrected chi connectivity index (χ0v) is 17.4. The van der Waals surface area contributed by atoms with Gasteiger partial charge in [0.15, 0.2) is 9.90 Å². The second-order valence-corrected chi connectivity index (χ2v) is 7.47. The van der Waals surface area contributed by atoms with Gasteiger partial charge in [0.1, 0.15) is 5.82 Å². The van der Waals surface area contributed by atoms with Crippen LogP contribution in [0, 0.1) is 4.77 Å². The van der Waals surface area contributed by atoms with Crippen LogP contribution in [-0.4, -0.2) is 31.6 Å². The highest BCUT2D eigenvalue weighted by Gasteiger charge is 2.12. The van der Waals surface area contributed by atoms with E-state index in [0.717, 1.165) is 17.1 Å². The quantitative estimate of drug-likeness (QED) is 0.378. The van der Waals surface area contributed by atoms with Gasteiger partial charge >= 0.3 is 0 Å². The molecule has 10 heteroatoms. The van der Waals surface area contributed by atoms with Crippen molar-refractivity contribution in [2.24, 2.45) is 0 Å². The number of amides is 2. The summed E-state index contributed by atoms with van der Waals surface area (Å²) >= 11 is 6.56. The first-order valence-electron chi connectivity index (χ1n) is 8.80. The molecular weight excluding hydrogens is 408 g/mol. The first kappa shape index (κ1) is 20.6. The summed E-state index contributed by atoms with van der Waals surface area (Å²) in [5.74, 6) is 0.416. The molecule has 8 nitrogen and oxygen atoms in total. The Balaban J connectivity index is 1.62. The van der Waals surface area contributed by atoms with Crippen molar-refractivity contribution >= 4 is 40.5 Å². The van der Waals surface area contributed by atoms with Crippen LogP contribution < -0.4 is 10.6 Å². The predicted molar refractivity (Wildman–Crippen MR) is 114 cm³/mol. The first-order chi connectivity index (χ1) is 14.0. The largest absolute Gasteiger partial charge is 0.352 e. The lowest BCUT2D eigenvalue weighted by Crippen LogP contribution is -2.19. The summed E-state index contributed by atoms with van der Waals surface area (Å²) in [5, 5.41) is 14.9. The lowest BCUT2D eigenvalue weighted by molar-refractivity contribution is -0.119. The standard InChI is InChI=1S/C19H20N6O2S2/c1-3-8-25-16(23-24-19(25)28)9-15-11-29-18(21-15)22-17(27)14-6-4-13(5-7-14)10-20-12(2)26/h3-7,11H,1,8-10H2,2H3,(H,20,26)(H,24,28)(H,21,22,27). The predicted octanol–water partition coefficient (Wildman–Crippen LogP) is 3.06. The number of hydrogen-bond donors (Lipinski definition) is 3. The molecule has 2 amide bonds. The van der Waals surface area contributed by atoms with E-state index in [0.29, 0.717) is 35.0 Å². The highest BCUT2D eigenvalue weighted by molar-refractivity contribution is 7.71. The number of nitrogens with zero attached hydrogens (tertiary/aromatic N) is 3. The van der Waals surface area contributed by atoms with Gasteiger partial charge in [-0.15, -0.1) is 17.9 Å². The Morgan fingerprint density at radius 2 is 2.10 bits per heavy atom. The molecule has 3 N–H and O–H groups in total. The zero-order chi connectivity index (χ0) is 20.8. The van der Waals surface area contributed by atoms with Gasteiger partial charge in [0.05, 0.1) is 12.1 Å². The second kappa shape index (κ2) is 9.39. The number of anilines is 1. The van der Waals surface area contributed by atoms with Gasteiger partial charge in [-0.1, -0.05) is 18.2 Å². The van der Waals surface area contributed by atoms with E-state index in [1.54, 1.807) is 30.3 Å². The molecule has 0 spiro atoms. The molecule has 0 aliphatic heterocycles. The third-order valence-corrected chi connectivity index (χ3v) is 5.14. The smallest absolute Gasteiger partial charge is 0.257 e. The van der Waals surface area contributed by atoms with Gasteiger partial charge in [-0.2, -0.15) is 5.10 Å². The molecule has 150 valence electrons. The third-order valence-electron chi connectivity index (χ3n) is 4.02. The lowest BCUT2D eigenvalue weighted by Gasteiger charge is -2.05. The summed E-state index contributed by atoms with van der Waals surface area (Å²) in [6.45, 7) is 6.18. The van der Waals surface area contributed by atoms with Crippen molar-refractivity contribution in [1.82, 2.24) is 25.1 Å². The van der Waals surface area contributed by atoms with Gasteiger partial charge in [0, 0.05) is 31.0 Å². The van der Waals surface area contributed by atoms with Crippen LogP contribution >= 0.6 is 23.6 Å². The molecule has 0 bridgehead atoms. The Hall–Kier alpha value is -3.11. The first-order valence-corrected chi connectivity index (χ1v) is 10.1. The minimum Gasteiger partial charge on any atom is -0.352 e. The number of allylic oxidation sites excluding steroid dienone is 1. The summed E-state index contributed by atoms with van der Waals surface area (Å²) < 4.78 is 2.38. The van der Waals surface area contributed by atoms with Crippen LogP contribution in [-0.2, 0) is 24.3 Å². The minimum atomic E-state index is -0.244. The van der Waals surface area contributed by atoms with Crippen LogP contribution in [0.5, 0.6) is 0 Å². The summed E-state index contributed by atoms with van der Waals surface area (Å²) in [6, 6.07) is 7.04. The average Bonchev–Trinajstić information content (AvgIpc) is 3.28. The van der Waals surface area contributed by atoms with Crippen molar-refractivity contribution in [3.8, 4) is 0 Å². The topological polar surface area (TPSA) is 105 Å². The van der Waals surface area contributed by atoms with Crippen LogP contribution in [0.1, 0.15) is 34.4 Å². The van der Waals surface area contributed by atoms with Crippen molar-refractivity contribution in [2.75, 3.05) is 5.32 Å². The molecule has 0 fully saturated rings. The lowest BCUT2D eigenvalue weighted by atomic mass is 10.1. The van der Waals surface area contributed by atoms with Crippen molar-refractivity contribution < 1.29 is 9.59 Å². The molecule has 0 atom stereocenters. The van der Waals surface area contributed by atoms with Gasteiger partial charge in [-0.3, -0.25) is 24.6 Å². The maximum Gasteiger partial charge on any atom is 0.257 e. The van der Waals surface area contributed by atoms with E-state index in [2.05, 4.69) is 32.4 Å². The monoisotopic (exact) mass is 428 g/mol. The molecule has 0 saturated heterocycles. The molecule has 0 radical (unpaired) electrons. The molecular formula is C19H20N6O2S2. The molecule has 2 aromatic heterocycles. The van der Waals surface area contributed by atoms with Gasteiger partial charge in [-0.05, 0) is 29.9 Å². The molecule has 3 aromatic rings. The SMILES string of the molecule is C=CCn1c(Cc2csc(NC(=O)c3ccc(CNC(C)=O)cc3)n2)n[nH]c1=S. The molecule has 29 heavy (non-hydrogen) atoms. The molecule has 0 saturated carbocycles. The average molecular weight is 429 g/mol. The fourth-order valence-corrected chi connectivity index (χ4v) is 3.51. The molecule has 0 aliphatic carbocycles. The van der Waals surface area contributed by atoms with Crippen LogP contribution in [0.15, 0.2) is 42.3 Å². The number of carbonyl (C=O) groups excluding carboxylic acids is 2. The molecule has 1 aromatic carbocycles. The van der Waals surface area contributed by atoms with E-state index in [1.165, 1.54) is 18.3 Å². The summed E-state index contributed by atoms with van der Waals surface area (Å²) in [6.07, 6.45) is 2.24. The van der Waals surface area contributed by atoms with E-state index in [9.17, 15) is 9.59 Å². The van der Waals surface area contributed by atoms with Gasteiger partial charge in [0.2, 0.25) is 5.91 Å². The van der Waals surface area contributed by atoms with Crippen molar-refractivity contribution in [1.29, 1.82) is 0 Å². The fraction of sp³-hybridized carbons (Fsp3) is 0.211. The number of rotatable bonds is 8. The number of hydrogen-bond acceptors (Lipinski definition) is 6. The van der Waals surface area contributed by atoms with E-state index in [-0.39, 0.29) is 11.8 Å². The fourth-order valence-electron chi connectivity index (χ4n) is 2.58. The number of thiazole rings is 1. The van der Waals surface area contributed by atoms with Gasteiger partial charge < -0.3 is 5.32 Å². The molecule has 0 unspecified atom stereocenters. The Morgan fingerprint density at radius 1 is 1.34 bits per heavy atom. The molecule has 2 heterocycles. The maximum absolute atomic E-state index is 12.4. The van der Waals surface area contributed by atoms with Gasteiger partial charge in [-0.25, -0.2) is 4.98 Å². The zero-order valence-electron chi connectivity index (χ0n) is 15.8. The number of benzene rings is 1. The highest BCUT2D eigenvalue weighted by atomic mass is 32.1. The number of aromatic amines is 1. The van der Waals surface area contributed by atoms with E-state index in [1.807, 2.05) is 9.95 Å². The maximum atomic E-state index is 12.4. The van der Waals surface area contributed by atoms with Crippen LogP contribution in [0.4, 0.5) is 5.13 Å². The van der Waals surface area contributed by atoms with Crippen molar-refractivity contribution in [2.45, 2.75) is 26.4 Å². The van der Waals surface area contributed by atoms with Crippen LogP contribution in [0.25, 0.3) is 0 Å². The van der Waals surface area contributed by atoms with E-state index >= 15 is 0 Å². The van der Waals surface area contributed by atoms with Crippen LogP contribution in [0.3, 0.4) is 0 Å². The second-order valence-electron chi connectivity index (χ2n) is 6.23. The highest BCUT2D eigenvalue weighted by Crippen LogP contribution is 2.19. The summed E-state index contributed by atoms with van der Waals surface area (Å²) in [4.78, 5) is 27.9. The number of nitrogens with one attached hydrogen (secondary N) is 3. The van der Waals surface area contributed by atoms with Crippen molar-refractivity contribution in [3.63, 3.8) is 0 Å². The number of H-pyrrole nitrogens is 1. The number of aromatic nitrogens is 4. The summed E-state index contributed by atoms with van der Waals surface area (Å²) in [7, 11) is 0. The van der Waals surface area contributed by atoms with Crippen molar-refractivity contribution in [3.05, 3.63) is 69.7 Å². The third kappa shape index (κ3) is 5.46. The Bertz CT molecular complexity index is 1080. The Morgan fingerprint density at radius 3 is 2.79 bits per heavy atom. The normalized spacial score (nSPS) is 10.5. The molecule has 3 rings (SSSR count). The molecule has 0 aliphatic rings. The van der Waals surface area contributed by atoms with E-state index < -0.39 is 0 Å². The Kier molecular flexibility index (Phi) is 6.68. The Labute approximate surface area is 176 Å². The van der Waals surface area contributed by atoms with Crippen LogP contribution in [0.2, 0.25) is 0 Å². The summed E-state index contributed by atoms with van der Waals surface area (Å²) in [5.41, 5.74) is 2.22. The van der Waals surface area contributed by atoms with E-state index in [4.69, 9.17) is 12.2 Å². The minimum absolute atomic E-state index is 0.0971. The number of carbonyl (C=O) groups is 2. The van der Waals surface area contributed by atoms with Gasteiger partial charge in [0.25, 0.3) is 5.91 Å².